The molecule has 1 atom stereocenters. The van der Waals surface area contributed by atoms with Gasteiger partial charge in [-0.15, -0.1) is 11.3 Å². The maximum atomic E-state index is 12.6. The fourth-order valence-electron chi connectivity index (χ4n) is 5.25. The number of ether oxygens (including phenoxy) is 1. The quantitative estimate of drug-likeness (QED) is 0.226. The van der Waals surface area contributed by atoms with Crippen LogP contribution in [0.3, 0.4) is 0 Å². The molecule has 1 N–H and O–H groups in total. The number of carboxylic acids is 1. The van der Waals surface area contributed by atoms with Crippen molar-refractivity contribution in [3.63, 3.8) is 0 Å². The van der Waals surface area contributed by atoms with E-state index >= 15 is 0 Å². The van der Waals surface area contributed by atoms with Crippen LogP contribution in [0.1, 0.15) is 62.5 Å². The molecule has 200 valence electrons. The standard InChI is InChI=1S/C31H30ClN3O3S/c1-16-14-22-28(25(17-8-11-20(32)12-9-17)24(16)27(30(36)37)38-31(2,3)4)39-29(33-22)19-10-13-23-21(15-19)26(18-6-7-18)34-35(23)5/h8-15,18,27H,6-7H2,1-5H3,(H,36,37). The van der Waals surface area contributed by atoms with Gasteiger partial charge in [0.05, 0.1) is 27.0 Å². The number of hydrogen-bond donors (Lipinski definition) is 1. The summed E-state index contributed by atoms with van der Waals surface area (Å²) in [6.07, 6.45) is 1.23. The summed E-state index contributed by atoms with van der Waals surface area (Å²) < 4.78 is 9.01. The van der Waals surface area contributed by atoms with Gasteiger partial charge in [0, 0.05) is 40.1 Å². The minimum absolute atomic E-state index is 0.539. The summed E-state index contributed by atoms with van der Waals surface area (Å²) in [5.74, 6) is -0.487. The summed E-state index contributed by atoms with van der Waals surface area (Å²) in [5.41, 5.74) is 6.64. The van der Waals surface area contributed by atoms with E-state index in [0.717, 1.165) is 43.0 Å². The van der Waals surface area contributed by atoms with E-state index < -0.39 is 17.7 Å². The summed E-state index contributed by atoms with van der Waals surface area (Å²) in [4.78, 5) is 17.6. The van der Waals surface area contributed by atoms with Crippen LogP contribution in [0.2, 0.25) is 5.02 Å². The molecule has 0 amide bonds. The molecule has 0 saturated heterocycles. The van der Waals surface area contributed by atoms with Gasteiger partial charge >= 0.3 is 5.97 Å². The number of aliphatic carboxylic acids is 1. The number of aryl methyl sites for hydroxylation is 2. The van der Waals surface area contributed by atoms with Crippen LogP contribution < -0.4 is 0 Å². The zero-order valence-corrected chi connectivity index (χ0v) is 24.2. The van der Waals surface area contributed by atoms with E-state index in [1.807, 2.05) is 69.8 Å². The normalized spacial score (nSPS) is 14.8. The first-order chi connectivity index (χ1) is 18.5. The molecule has 1 aliphatic carbocycles. The molecule has 0 radical (unpaired) electrons. The number of rotatable bonds is 6. The van der Waals surface area contributed by atoms with Crippen molar-refractivity contribution in [3.05, 3.63) is 70.4 Å². The van der Waals surface area contributed by atoms with Crippen LogP contribution >= 0.6 is 22.9 Å². The Morgan fingerprint density at radius 2 is 1.82 bits per heavy atom. The van der Waals surface area contributed by atoms with E-state index in [1.165, 1.54) is 23.9 Å². The Morgan fingerprint density at radius 3 is 2.46 bits per heavy atom. The summed E-state index contributed by atoms with van der Waals surface area (Å²) >= 11 is 7.80. The maximum Gasteiger partial charge on any atom is 0.337 e. The monoisotopic (exact) mass is 559 g/mol. The van der Waals surface area contributed by atoms with Crippen LogP contribution in [-0.2, 0) is 16.6 Å². The molecule has 1 aliphatic rings. The highest BCUT2D eigenvalue weighted by Crippen LogP contribution is 2.46. The van der Waals surface area contributed by atoms with Gasteiger partial charge in [-0.25, -0.2) is 9.78 Å². The summed E-state index contributed by atoms with van der Waals surface area (Å²) in [6.45, 7) is 7.54. The molecule has 1 fully saturated rings. The first kappa shape index (κ1) is 26.0. The molecule has 0 spiro atoms. The van der Waals surface area contributed by atoms with Crippen LogP contribution in [-0.4, -0.2) is 31.4 Å². The van der Waals surface area contributed by atoms with Gasteiger partial charge in [0.1, 0.15) is 5.01 Å². The van der Waals surface area contributed by atoms with Crippen LogP contribution in [0.15, 0.2) is 48.5 Å². The van der Waals surface area contributed by atoms with Gasteiger partial charge in [0.2, 0.25) is 0 Å². The lowest BCUT2D eigenvalue weighted by atomic mass is 9.91. The first-order valence-electron chi connectivity index (χ1n) is 13.1. The van der Waals surface area contributed by atoms with E-state index in [4.69, 9.17) is 26.4 Å². The van der Waals surface area contributed by atoms with Crippen molar-refractivity contribution >= 4 is 50.0 Å². The highest BCUT2D eigenvalue weighted by atomic mass is 35.5. The van der Waals surface area contributed by atoms with Crippen molar-refractivity contribution in [2.75, 3.05) is 0 Å². The maximum absolute atomic E-state index is 12.6. The van der Waals surface area contributed by atoms with Gasteiger partial charge in [-0.2, -0.15) is 5.10 Å². The Kier molecular flexibility index (Phi) is 6.29. The Balaban J connectivity index is 1.58. The molecule has 8 heteroatoms. The lowest BCUT2D eigenvalue weighted by molar-refractivity contribution is -0.160. The number of hydrogen-bond acceptors (Lipinski definition) is 5. The van der Waals surface area contributed by atoms with E-state index in [-0.39, 0.29) is 0 Å². The molecule has 6 rings (SSSR count). The molecule has 2 heterocycles. The van der Waals surface area contributed by atoms with Crippen molar-refractivity contribution in [2.45, 2.75) is 58.2 Å². The third-order valence-electron chi connectivity index (χ3n) is 7.11. The van der Waals surface area contributed by atoms with E-state index in [9.17, 15) is 9.90 Å². The minimum atomic E-state index is -1.14. The highest BCUT2D eigenvalue weighted by Gasteiger charge is 2.33. The number of carboxylic acid groups (broad SMARTS) is 1. The Bertz CT molecular complexity index is 1740. The number of nitrogens with zero attached hydrogens (tertiary/aromatic N) is 3. The molecular weight excluding hydrogens is 530 g/mol. The topological polar surface area (TPSA) is 77.2 Å². The van der Waals surface area contributed by atoms with Crippen LogP contribution in [0.4, 0.5) is 0 Å². The number of thiazole rings is 1. The largest absolute Gasteiger partial charge is 0.479 e. The van der Waals surface area contributed by atoms with Gasteiger partial charge < -0.3 is 9.84 Å². The van der Waals surface area contributed by atoms with Crippen LogP contribution in [0, 0.1) is 6.92 Å². The second kappa shape index (κ2) is 9.44. The van der Waals surface area contributed by atoms with Gasteiger partial charge in [-0.05, 0) is 88.1 Å². The Hall–Kier alpha value is -3.26. The molecule has 5 aromatic rings. The summed E-state index contributed by atoms with van der Waals surface area (Å²) in [7, 11) is 1.99. The molecular formula is C31H30ClN3O3S. The molecule has 0 bridgehead atoms. The fraction of sp³-hybridized carbons (Fsp3) is 0.323. The van der Waals surface area contributed by atoms with E-state index in [0.29, 0.717) is 16.5 Å². The van der Waals surface area contributed by atoms with E-state index in [1.54, 1.807) is 11.3 Å². The number of aromatic nitrogens is 3. The molecule has 0 aliphatic heterocycles. The summed E-state index contributed by atoms with van der Waals surface area (Å²) in [5, 5.41) is 17.8. The molecule has 1 unspecified atom stereocenters. The number of halogens is 1. The molecule has 6 nitrogen and oxygen atoms in total. The predicted octanol–water partition coefficient (Wildman–Crippen LogP) is 8.30. The van der Waals surface area contributed by atoms with E-state index in [2.05, 4.69) is 18.2 Å². The average molecular weight is 560 g/mol. The zero-order chi connectivity index (χ0) is 27.6. The Morgan fingerprint density at radius 1 is 1.13 bits per heavy atom. The van der Waals surface area contributed by atoms with Crippen molar-refractivity contribution < 1.29 is 14.6 Å². The highest BCUT2D eigenvalue weighted by molar-refractivity contribution is 7.22. The number of fused-ring (bicyclic) bond motifs is 2. The molecule has 1 saturated carbocycles. The minimum Gasteiger partial charge on any atom is -0.479 e. The SMILES string of the molecule is Cc1cc2nc(-c3ccc4c(c3)c(C3CC3)nn4C)sc2c(-c2ccc(Cl)cc2)c1C(OC(C)(C)C)C(=O)O. The number of benzene rings is 3. The van der Waals surface area contributed by atoms with Gasteiger partial charge in [0.25, 0.3) is 0 Å². The predicted molar refractivity (Wildman–Crippen MR) is 158 cm³/mol. The van der Waals surface area contributed by atoms with Gasteiger partial charge in [-0.1, -0.05) is 23.7 Å². The zero-order valence-electron chi connectivity index (χ0n) is 22.6. The van der Waals surface area contributed by atoms with Crippen molar-refractivity contribution in [1.82, 2.24) is 14.8 Å². The third kappa shape index (κ3) is 4.84. The first-order valence-corrected chi connectivity index (χ1v) is 14.3. The number of carbonyl (C=O) groups is 1. The molecule has 39 heavy (non-hydrogen) atoms. The average Bonchev–Trinajstić information content (AvgIpc) is 3.55. The second-order valence-electron chi connectivity index (χ2n) is 11.3. The molecule has 2 aromatic heterocycles. The Labute approximate surface area is 236 Å². The summed E-state index contributed by atoms with van der Waals surface area (Å²) in [6, 6.07) is 15.9. The second-order valence-corrected chi connectivity index (χ2v) is 12.8. The van der Waals surface area contributed by atoms with Crippen LogP contribution in [0.25, 0.3) is 42.8 Å². The fourth-order valence-corrected chi connectivity index (χ4v) is 6.49. The smallest absolute Gasteiger partial charge is 0.337 e. The lowest BCUT2D eigenvalue weighted by Crippen LogP contribution is -2.28. The van der Waals surface area contributed by atoms with Crippen molar-refractivity contribution in [3.8, 4) is 21.7 Å². The third-order valence-corrected chi connectivity index (χ3v) is 8.50. The van der Waals surface area contributed by atoms with Gasteiger partial charge in [0.15, 0.2) is 6.10 Å². The van der Waals surface area contributed by atoms with Crippen LogP contribution in [0.5, 0.6) is 0 Å². The molecule has 3 aromatic carbocycles. The van der Waals surface area contributed by atoms with Crippen molar-refractivity contribution in [2.24, 2.45) is 7.05 Å². The van der Waals surface area contributed by atoms with Crippen molar-refractivity contribution in [1.29, 1.82) is 0 Å². The lowest BCUT2D eigenvalue weighted by Gasteiger charge is -2.28. The van der Waals surface area contributed by atoms with Gasteiger partial charge in [-0.3, -0.25) is 4.68 Å².